The maximum Gasteiger partial charge on any atom is 0.251 e. The molecule has 0 spiro atoms. The summed E-state index contributed by atoms with van der Waals surface area (Å²) in [7, 11) is 0. The van der Waals surface area contributed by atoms with E-state index in [0.717, 1.165) is 17.0 Å². The third-order valence-corrected chi connectivity index (χ3v) is 3.62. The van der Waals surface area contributed by atoms with Crippen molar-refractivity contribution >= 4 is 23.2 Å². The Balaban J connectivity index is 1.60. The van der Waals surface area contributed by atoms with E-state index in [0.29, 0.717) is 23.8 Å². The van der Waals surface area contributed by atoms with Gasteiger partial charge in [0, 0.05) is 24.0 Å². The highest BCUT2D eigenvalue weighted by Gasteiger charge is 2.07. The van der Waals surface area contributed by atoms with Crippen LogP contribution in [0.25, 0.3) is 0 Å². The van der Waals surface area contributed by atoms with Gasteiger partial charge in [0.05, 0.1) is 12.8 Å². The fourth-order valence-corrected chi connectivity index (χ4v) is 2.40. The average molecular weight is 342 g/mol. The van der Waals surface area contributed by atoms with Gasteiger partial charge >= 0.3 is 0 Å². The quantitative estimate of drug-likeness (QED) is 0.668. The standard InChI is InChI=1S/C18H16ClN3O2/c19-17-10-15(6-7-20-17)21-11-13-3-1-4-14(9-13)18(23)22-12-16-5-2-8-24-16/h1-10H,11-12H2,(H,20,21)(H,22,23). The molecule has 0 aliphatic heterocycles. The molecule has 5 nitrogen and oxygen atoms in total. The molecule has 0 aliphatic rings. The van der Waals surface area contributed by atoms with Gasteiger partial charge in [-0.15, -0.1) is 0 Å². The van der Waals surface area contributed by atoms with Gasteiger partial charge in [-0.05, 0) is 42.0 Å². The highest BCUT2D eigenvalue weighted by molar-refractivity contribution is 6.29. The Morgan fingerprint density at radius 1 is 1.12 bits per heavy atom. The van der Waals surface area contributed by atoms with Crippen LogP contribution in [0.5, 0.6) is 0 Å². The first kappa shape index (κ1) is 16.1. The number of carbonyl (C=O) groups excluding carboxylic acids is 1. The fraction of sp³-hybridized carbons (Fsp3) is 0.111. The molecule has 3 rings (SSSR count). The highest BCUT2D eigenvalue weighted by Crippen LogP contribution is 2.14. The minimum atomic E-state index is -0.139. The van der Waals surface area contributed by atoms with Crippen molar-refractivity contribution in [3.05, 3.63) is 83.0 Å². The summed E-state index contributed by atoms with van der Waals surface area (Å²) in [5.74, 6) is 0.580. The van der Waals surface area contributed by atoms with Crippen molar-refractivity contribution in [2.24, 2.45) is 0 Å². The first-order chi connectivity index (χ1) is 11.7. The van der Waals surface area contributed by atoms with Gasteiger partial charge in [0.15, 0.2) is 0 Å². The molecule has 2 aromatic heterocycles. The number of aromatic nitrogens is 1. The van der Waals surface area contributed by atoms with E-state index in [-0.39, 0.29) is 5.91 Å². The Hall–Kier alpha value is -2.79. The van der Waals surface area contributed by atoms with Crippen LogP contribution in [-0.4, -0.2) is 10.9 Å². The Kier molecular flexibility index (Phi) is 5.13. The molecule has 0 saturated carbocycles. The molecule has 0 unspecified atom stereocenters. The summed E-state index contributed by atoms with van der Waals surface area (Å²) >= 11 is 5.86. The number of carbonyl (C=O) groups is 1. The summed E-state index contributed by atoms with van der Waals surface area (Å²) in [5, 5.41) is 6.52. The van der Waals surface area contributed by atoms with Gasteiger partial charge in [-0.1, -0.05) is 23.7 Å². The van der Waals surface area contributed by atoms with E-state index in [9.17, 15) is 4.79 Å². The molecule has 6 heteroatoms. The van der Waals surface area contributed by atoms with Crippen molar-refractivity contribution < 1.29 is 9.21 Å². The average Bonchev–Trinajstić information content (AvgIpc) is 3.12. The molecule has 0 atom stereocenters. The van der Waals surface area contributed by atoms with E-state index in [1.807, 2.05) is 30.3 Å². The first-order valence-electron chi connectivity index (χ1n) is 7.46. The largest absolute Gasteiger partial charge is 0.467 e. The van der Waals surface area contributed by atoms with Crippen molar-refractivity contribution in [1.82, 2.24) is 10.3 Å². The number of furan rings is 1. The molecule has 0 aliphatic carbocycles. The lowest BCUT2D eigenvalue weighted by atomic mass is 10.1. The lowest BCUT2D eigenvalue weighted by molar-refractivity contribution is 0.0948. The zero-order chi connectivity index (χ0) is 16.8. The molecular weight excluding hydrogens is 326 g/mol. The van der Waals surface area contributed by atoms with Crippen LogP contribution in [0.3, 0.4) is 0 Å². The Bertz CT molecular complexity index is 819. The van der Waals surface area contributed by atoms with E-state index >= 15 is 0 Å². The number of amides is 1. The predicted molar refractivity (Wildman–Crippen MR) is 92.9 cm³/mol. The summed E-state index contributed by atoms with van der Waals surface area (Å²) < 4.78 is 5.20. The number of halogens is 1. The maximum absolute atomic E-state index is 12.2. The van der Waals surface area contributed by atoms with E-state index in [1.54, 1.807) is 30.7 Å². The minimum absolute atomic E-state index is 0.139. The molecule has 0 fully saturated rings. The number of rotatable bonds is 6. The van der Waals surface area contributed by atoms with Crippen molar-refractivity contribution in [2.45, 2.75) is 13.1 Å². The number of hydrogen-bond donors (Lipinski definition) is 2. The van der Waals surface area contributed by atoms with E-state index in [4.69, 9.17) is 16.0 Å². The van der Waals surface area contributed by atoms with Gasteiger partial charge in [-0.2, -0.15) is 0 Å². The first-order valence-corrected chi connectivity index (χ1v) is 7.83. The van der Waals surface area contributed by atoms with Crippen LogP contribution in [0, 0.1) is 0 Å². The van der Waals surface area contributed by atoms with Crippen molar-refractivity contribution in [3.63, 3.8) is 0 Å². The van der Waals surface area contributed by atoms with Crippen LogP contribution in [0.4, 0.5) is 5.69 Å². The molecule has 24 heavy (non-hydrogen) atoms. The monoisotopic (exact) mass is 341 g/mol. The summed E-state index contributed by atoms with van der Waals surface area (Å²) in [5.41, 5.74) is 2.48. The molecule has 1 amide bonds. The summed E-state index contributed by atoms with van der Waals surface area (Å²) in [6.45, 7) is 0.948. The number of pyridine rings is 1. The molecule has 1 aromatic carbocycles. The van der Waals surface area contributed by atoms with Crippen molar-refractivity contribution in [1.29, 1.82) is 0 Å². The zero-order valence-corrected chi connectivity index (χ0v) is 13.6. The second kappa shape index (κ2) is 7.66. The second-order valence-electron chi connectivity index (χ2n) is 5.18. The van der Waals surface area contributed by atoms with Gasteiger partial charge in [0.1, 0.15) is 10.9 Å². The molecule has 0 bridgehead atoms. The van der Waals surface area contributed by atoms with E-state index in [1.165, 1.54) is 0 Å². The predicted octanol–water partition coefficient (Wildman–Crippen LogP) is 3.87. The Morgan fingerprint density at radius 3 is 2.83 bits per heavy atom. The molecule has 3 aromatic rings. The SMILES string of the molecule is O=C(NCc1ccco1)c1cccc(CNc2ccnc(Cl)c2)c1. The molecule has 2 heterocycles. The fourth-order valence-electron chi connectivity index (χ4n) is 2.22. The van der Waals surface area contributed by atoms with Gasteiger partial charge in [-0.25, -0.2) is 4.98 Å². The molecule has 122 valence electrons. The minimum Gasteiger partial charge on any atom is -0.467 e. The highest BCUT2D eigenvalue weighted by atomic mass is 35.5. The molecule has 2 N–H and O–H groups in total. The van der Waals surface area contributed by atoms with E-state index < -0.39 is 0 Å². The number of anilines is 1. The topological polar surface area (TPSA) is 67.2 Å². The number of nitrogens with zero attached hydrogens (tertiary/aromatic N) is 1. The van der Waals surface area contributed by atoms with Crippen molar-refractivity contribution in [2.75, 3.05) is 5.32 Å². The third kappa shape index (κ3) is 4.36. The van der Waals surface area contributed by atoms with Crippen LogP contribution in [0.1, 0.15) is 21.7 Å². The zero-order valence-electron chi connectivity index (χ0n) is 12.8. The van der Waals surface area contributed by atoms with Gasteiger partial charge < -0.3 is 15.1 Å². The normalized spacial score (nSPS) is 10.4. The van der Waals surface area contributed by atoms with E-state index in [2.05, 4.69) is 15.6 Å². The van der Waals surface area contributed by atoms with Crippen LogP contribution < -0.4 is 10.6 Å². The van der Waals surface area contributed by atoms with Gasteiger partial charge in [0.2, 0.25) is 0 Å². The Morgan fingerprint density at radius 2 is 2.04 bits per heavy atom. The third-order valence-electron chi connectivity index (χ3n) is 3.42. The second-order valence-corrected chi connectivity index (χ2v) is 5.57. The van der Waals surface area contributed by atoms with Crippen LogP contribution in [0.15, 0.2) is 65.4 Å². The van der Waals surface area contributed by atoms with Crippen LogP contribution >= 0.6 is 11.6 Å². The van der Waals surface area contributed by atoms with Crippen LogP contribution in [0.2, 0.25) is 5.15 Å². The molecule has 0 saturated heterocycles. The maximum atomic E-state index is 12.2. The number of hydrogen-bond acceptors (Lipinski definition) is 4. The summed E-state index contributed by atoms with van der Waals surface area (Å²) in [4.78, 5) is 16.2. The molecular formula is C18H16ClN3O2. The van der Waals surface area contributed by atoms with Gasteiger partial charge in [0.25, 0.3) is 5.91 Å². The Labute approximate surface area is 144 Å². The number of benzene rings is 1. The summed E-state index contributed by atoms with van der Waals surface area (Å²) in [6, 6.07) is 14.7. The van der Waals surface area contributed by atoms with Crippen molar-refractivity contribution in [3.8, 4) is 0 Å². The lowest BCUT2D eigenvalue weighted by Gasteiger charge is -2.08. The lowest BCUT2D eigenvalue weighted by Crippen LogP contribution is -2.22. The van der Waals surface area contributed by atoms with Gasteiger partial charge in [-0.3, -0.25) is 4.79 Å². The summed E-state index contributed by atoms with van der Waals surface area (Å²) in [6.07, 6.45) is 3.22. The molecule has 0 radical (unpaired) electrons. The van der Waals surface area contributed by atoms with Crippen LogP contribution in [-0.2, 0) is 13.1 Å². The smallest absolute Gasteiger partial charge is 0.251 e. The number of nitrogens with one attached hydrogen (secondary N) is 2.